The predicted molar refractivity (Wildman–Crippen MR) is 40.6 cm³/mol. The lowest BCUT2D eigenvalue weighted by Crippen LogP contribution is -2.01. The molecule has 0 aromatic carbocycles. The summed E-state index contributed by atoms with van der Waals surface area (Å²) >= 11 is 0. The smallest absolute Gasteiger partial charge is 0.231 e. The molecule has 2 aromatic heterocycles. The van der Waals surface area contributed by atoms with E-state index in [1.165, 1.54) is 6.20 Å². The Morgan fingerprint density at radius 2 is 2.42 bits per heavy atom. The topological polar surface area (TPSA) is 74.4 Å². The summed E-state index contributed by atoms with van der Waals surface area (Å²) in [7, 11) is 0. The Bertz CT molecular complexity index is 326. The molecule has 0 aliphatic heterocycles. The van der Waals surface area contributed by atoms with E-state index in [-0.39, 0.29) is 5.78 Å². The van der Waals surface area contributed by atoms with Gasteiger partial charge in [-0.05, 0) is 12.1 Å². The molecular weight excluding hydrogens is 156 g/mol. The summed E-state index contributed by atoms with van der Waals surface area (Å²) in [5.74, 6) is -0.159. The highest BCUT2D eigenvalue weighted by molar-refractivity contribution is 6.06. The molecule has 0 saturated heterocycles. The van der Waals surface area contributed by atoms with Gasteiger partial charge in [-0.3, -0.25) is 4.79 Å². The van der Waals surface area contributed by atoms with E-state index in [9.17, 15) is 4.79 Å². The summed E-state index contributed by atoms with van der Waals surface area (Å²) in [6.07, 6.45) is 3.08. The molecule has 0 unspecified atom stereocenters. The molecule has 0 bridgehead atoms. The van der Waals surface area contributed by atoms with E-state index in [2.05, 4.69) is 20.4 Å². The van der Waals surface area contributed by atoms with E-state index < -0.39 is 0 Å². The molecule has 0 spiro atoms. The fourth-order valence-corrected chi connectivity index (χ4v) is 0.921. The second-order valence-corrected chi connectivity index (χ2v) is 2.27. The molecule has 0 atom stereocenters. The van der Waals surface area contributed by atoms with Crippen molar-refractivity contribution < 1.29 is 4.79 Å². The zero-order valence-electron chi connectivity index (χ0n) is 6.11. The molecule has 0 radical (unpaired) electrons. The molecule has 2 aromatic rings. The first-order valence-corrected chi connectivity index (χ1v) is 3.42. The Hall–Kier alpha value is -1.91. The third kappa shape index (κ3) is 1.01. The number of ketones is 1. The highest BCUT2D eigenvalue weighted by Crippen LogP contribution is 2.02. The van der Waals surface area contributed by atoms with Gasteiger partial charge in [0.15, 0.2) is 5.69 Å². The zero-order chi connectivity index (χ0) is 8.39. The number of rotatable bonds is 2. The number of carbonyl (C=O) groups is 1. The second-order valence-electron chi connectivity index (χ2n) is 2.27. The van der Waals surface area contributed by atoms with Crippen LogP contribution in [-0.2, 0) is 0 Å². The van der Waals surface area contributed by atoms with Crippen LogP contribution in [0.2, 0.25) is 0 Å². The molecule has 0 fully saturated rings. The molecule has 0 amide bonds. The number of carbonyl (C=O) groups excluding carboxylic acids is 1. The Balaban J connectivity index is 2.34. The first-order valence-electron chi connectivity index (χ1n) is 3.42. The van der Waals surface area contributed by atoms with Crippen LogP contribution in [0.15, 0.2) is 24.5 Å². The SMILES string of the molecule is O=C(c1cn[nH]n1)c1ccc[nH]1. The number of aromatic amines is 2. The normalized spacial score (nSPS) is 10.0. The maximum absolute atomic E-state index is 11.4. The lowest BCUT2D eigenvalue weighted by molar-refractivity contribution is 0.103. The van der Waals surface area contributed by atoms with Crippen molar-refractivity contribution in [1.82, 2.24) is 20.4 Å². The van der Waals surface area contributed by atoms with Crippen molar-refractivity contribution >= 4 is 5.78 Å². The summed E-state index contributed by atoms with van der Waals surface area (Å²) in [6.45, 7) is 0. The maximum atomic E-state index is 11.4. The average molecular weight is 162 g/mol. The number of nitrogens with one attached hydrogen (secondary N) is 2. The monoisotopic (exact) mass is 162 g/mol. The van der Waals surface area contributed by atoms with Crippen LogP contribution in [0, 0.1) is 0 Å². The Morgan fingerprint density at radius 1 is 1.50 bits per heavy atom. The summed E-state index contributed by atoms with van der Waals surface area (Å²) in [4.78, 5) is 14.2. The Kier molecular flexibility index (Phi) is 1.48. The van der Waals surface area contributed by atoms with Crippen LogP contribution in [0.5, 0.6) is 0 Å². The van der Waals surface area contributed by atoms with Crippen LogP contribution in [-0.4, -0.2) is 26.2 Å². The van der Waals surface area contributed by atoms with Crippen LogP contribution in [0.1, 0.15) is 16.2 Å². The molecular formula is C7H6N4O. The molecule has 60 valence electrons. The molecule has 2 heterocycles. The van der Waals surface area contributed by atoms with Gasteiger partial charge >= 0.3 is 0 Å². The van der Waals surface area contributed by atoms with Gasteiger partial charge in [0, 0.05) is 6.20 Å². The quantitative estimate of drug-likeness (QED) is 0.626. The standard InChI is InChI=1S/C7H6N4O/c12-7(5-2-1-3-8-5)6-4-9-11-10-6/h1-4,8H,(H,9,10,11). The van der Waals surface area contributed by atoms with E-state index >= 15 is 0 Å². The van der Waals surface area contributed by atoms with Gasteiger partial charge in [0.2, 0.25) is 5.78 Å². The number of aromatic nitrogens is 4. The van der Waals surface area contributed by atoms with E-state index in [1.54, 1.807) is 18.3 Å². The second kappa shape index (κ2) is 2.61. The largest absolute Gasteiger partial charge is 0.358 e. The highest BCUT2D eigenvalue weighted by atomic mass is 16.1. The summed E-state index contributed by atoms with van der Waals surface area (Å²) in [5.41, 5.74) is 0.835. The molecule has 0 aliphatic rings. The van der Waals surface area contributed by atoms with Crippen LogP contribution >= 0.6 is 0 Å². The molecule has 2 rings (SSSR count). The molecule has 12 heavy (non-hydrogen) atoms. The Morgan fingerprint density at radius 3 is 3.00 bits per heavy atom. The van der Waals surface area contributed by atoms with Crippen molar-refractivity contribution in [3.8, 4) is 0 Å². The van der Waals surface area contributed by atoms with E-state index in [4.69, 9.17) is 0 Å². The van der Waals surface area contributed by atoms with Crippen LogP contribution in [0.4, 0.5) is 0 Å². The summed E-state index contributed by atoms with van der Waals surface area (Å²) < 4.78 is 0. The summed E-state index contributed by atoms with van der Waals surface area (Å²) in [6, 6.07) is 3.45. The van der Waals surface area contributed by atoms with Gasteiger partial charge in [-0.25, -0.2) is 0 Å². The minimum absolute atomic E-state index is 0.159. The number of hydrogen-bond donors (Lipinski definition) is 2. The van der Waals surface area contributed by atoms with Crippen molar-refractivity contribution in [2.45, 2.75) is 0 Å². The minimum atomic E-state index is -0.159. The first-order chi connectivity index (χ1) is 5.88. The van der Waals surface area contributed by atoms with E-state index in [1.807, 2.05) is 0 Å². The first kappa shape index (κ1) is 6.78. The van der Waals surface area contributed by atoms with Gasteiger partial charge in [0.1, 0.15) is 0 Å². The lowest BCUT2D eigenvalue weighted by Gasteiger charge is -1.89. The predicted octanol–water partition coefficient (Wildman–Crippen LogP) is 0.364. The van der Waals surface area contributed by atoms with Gasteiger partial charge in [0.05, 0.1) is 11.9 Å². The Labute approximate surface area is 67.8 Å². The molecule has 5 heteroatoms. The molecule has 0 aliphatic carbocycles. The number of hydrogen-bond acceptors (Lipinski definition) is 3. The third-order valence-electron chi connectivity index (χ3n) is 1.49. The summed E-state index contributed by atoms with van der Waals surface area (Å²) in [5, 5.41) is 9.59. The number of H-pyrrole nitrogens is 2. The molecule has 0 saturated carbocycles. The zero-order valence-corrected chi connectivity index (χ0v) is 6.11. The van der Waals surface area contributed by atoms with E-state index in [0.29, 0.717) is 11.4 Å². The van der Waals surface area contributed by atoms with Crippen molar-refractivity contribution in [1.29, 1.82) is 0 Å². The maximum Gasteiger partial charge on any atom is 0.231 e. The highest BCUT2D eigenvalue weighted by Gasteiger charge is 2.11. The molecule has 2 N–H and O–H groups in total. The van der Waals surface area contributed by atoms with Crippen LogP contribution in [0.3, 0.4) is 0 Å². The fourth-order valence-electron chi connectivity index (χ4n) is 0.921. The van der Waals surface area contributed by atoms with Crippen LogP contribution in [0.25, 0.3) is 0 Å². The van der Waals surface area contributed by atoms with Crippen molar-refractivity contribution in [2.75, 3.05) is 0 Å². The van der Waals surface area contributed by atoms with E-state index in [0.717, 1.165) is 0 Å². The number of nitrogens with zero attached hydrogens (tertiary/aromatic N) is 2. The van der Waals surface area contributed by atoms with Crippen molar-refractivity contribution in [2.24, 2.45) is 0 Å². The van der Waals surface area contributed by atoms with Gasteiger partial charge in [0.25, 0.3) is 0 Å². The average Bonchev–Trinajstić information content (AvgIpc) is 2.77. The van der Waals surface area contributed by atoms with Gasteiger partial charge < -0.3 is 4.98 Å². The van der Waals surface area contributed by atoms with Crippen molar-refractivity contribution in [3.63, 3.8) is 0 Å². The van der Waals surface area contributed by atoms with Crippen molar-refractivity contribution in [3.05, 3.63) is 35.9 Å². The van der Waals surface area contributed by atoms with Gasteiger partial charge in [-0.1, -0.05) is 0 Å². The van der Waals surface area contributed by atoms with Gasteiger partial charge in [-0.15, -0.1) is 0 Å². The van der Waals surface area contributed by atoms with Gasteiger partial charge in [-0.2, -0.15) is 15.4 Å². The third-order valence-corrected chi connectivity index (χ3v) is 1.49. The minimum Gasteiger partial charge on any atom is -0.358 e. The fraction of sp³-hybridized carbons (Fsp3) is 0. The van der Waals surface area contributed by atoms with Crippen LogP contribution < -0.4 is 0 Å². The lowest BCUT2D eigenvalue weighted by atomic mass is 10.2. The molecule has 5 nitrogen and oxygen atoms in total.